The first-order valence-corrected chi connectivity index (χ1v) is 11.9. The van der Waals surface area contributed by atoms with Gasteiger partial charge in [0.25, 0.3) is 0 Å². The van der Waals surface area contributed by atoms with Gasteiger partial charge in [-0.2, -0.15) is 5.10 Å². The van der Waals surface area contributed by atoms with E-state index in [1.807, 2.05) is 42.6 Å². The number of likely N-dealkylation sites (tertiary alicyclic amines) is 1. The molecule has 4 aromatic heterocycles. The van der Waals surface area contributed by atoms with Crippen molar-refractivity contribution in [2.75, 3.05) is 20.1 Å². The van der Waals surface area contributed by atoms with Crippen LogP contribution in [0.1, 0.15) is 18.9 Å². The van der Waals surface area contributed by atoms with Crippen molar-refractivity contribution in [3.8, 4) is 33.6 Å². The molecule has 0 N–H and O–H groups in total. The van der Waals surface area contributed by atoms with Gasteiger partial charge in [-0.1, -0.05) is 18.2 Å². The minimum Gasteiger partial charge on any atom is -0.306 e. The first-order chi connectivity index (χ1) is 17.2. The van der Waals surface area contributed by atoms with Crippen molar-refractivity contribution >= 4 is 11.0 Å². The highest BCUT2D eigenvalue weighted by Crippen LogP contribution is 2.37. The summed E-state index contributed by atoms with van der Waals surface area (Å²) < 4.78 is 16.8. The van der Waals surface area contributed by atoms with Gasteiger partial charge in [-0.05, 0) is 74.9 Å². The number of pyridine rings is 3. The number of fused-ring (bicyclic) bond motifs is 1. The van der Waals surface area contributed by atoms with Crippen LogP contribution in [0.5, 0.6) is 0 Å². The quantitative estimate of drug-likeness (QED) is 0.345. The molecule has 35 heavy (non-hydrogen) atoms. The van der Waals surface area contributed by atoms with E-state index in [0.29, 0.717) is 22.9 Å². The Morgan fingerprint density at radius 1 is 0.886 bits per heavy atom. The highest BCUT2D eigenvalue weighted by molar-refractivity contribution is 5.98. The zero-order valence-electron chi connectivity index (χ0n) is 19.5. The van der Waals surface area contributed by atoms with Crippen molar-refractivity contribution < 1.29 is 4.39 Å². The largest absolute Gasteiger partial charge is 0.306 e. The Bertz CT molecular complexity index is 1500. The lowest BCUT2D eigenvalue weighted by molar-refractivity contribution is 0.212. The molecule has 5 heterocycles. The third kappa shape index (κ3) is 4.08. The minimum atomic E-state index is -0.313. The van der Waals surface area contributed by atoms with Crippen LogP contribution in [-0.2, 0) is 0 Å². The van der Waals surface area contributed by atoms with Crippen LogP contribution < -0.4 is 0 Å². The van der Waals surface area contributed by atoms with Crippen molar-refractivity contribution in [1.29, 1.82) is 0 Å². The van der Waals surface area contributed by atoms with Crippen LogP contribution in [0, 0.1) is 5.82 Å². The lowest BCUT2D eigenvalue weighted by Gasteiger charge is -2.28. The molecule has 0 spiro atoms. The highest BCUT2D eigenvalue weighted by Gasteiger charge is 2.21. The number of hydrogen-bond acceptors (Lipinski definition) is 5. The summed E-state index contributed by atoms with van der Waals surface area (Å²) in [4.78, 5) is 16.3. The third-order valence-corrected chi connectivity index (χ3v) is 6.77. The summed E-state index contributed by atoms with van der Waals surface area (Å²) in [7, 11) is 2.16. The van der Waals surface area contributed by atoms with Gasteiger partial charge < -0.3 is 4.90 Å². The molecule has 5 aromatic rings. The summed E-state index contributed by atoms with van der Waals surface area (Å²) in [6.45, 7) is 2.15. The van der Waals surface area contributed by atoms with Gasteiger partial charge in [-0.25, -0.2) is 14.4 Å². The number of benzene rings is 1. The van der Waals surface area contributed by atoms with Crippen LogP contribution in [0.25, 0.3) is 44.7 Å². The lowest BCUT2D eigenvalue weighted by Crippen LogP contribution is -2.31. The maximum absolute atomic E-state index is 14.7. The van der Waals surface area contributed by atoms with E-state index in [1.54, 1.807) is 24.5 Å². The molecule has 0 atom stereocenters. The van der Waals surface area contributed by atoms with Crippen LogP contribution in [0.3, 0.4) is 0 Å². The Morgan fingerprint density at radius 3 is 2.51 bits per heavy atom. The van der Waals surface area contributed by atoms with Crippen molar-refractivity contribution in [3.63, 3.8) is 0 Å². The van der Waals surface area contributed by atoms with E-state index in [0.717, 1.165) is 53.7 Å². The molecule has 1 fully saturated rings. The van der Waals surface area contributed by atoms with Crippen LogP contribution in [0.4, 0.5) is 4.39 Å². The van der Waals surface area contributed by atoms with Crippen molar-refractivity contribution in [3.05, 3.63) is 85.2 Å². The molecule has 1 aromatic carbocycles. The molecule has 7 heteroatoms. The summed E-state index contributed by atoms with van der Waals surface area (Å²) in [5.41, 5.74) is 5.20. The summed E-state index contributed by atoms with van der Waals surface area (Å²) in [6, 6.07) is 16.9. The van der Waals surface area contributed by atoms with E-state index in [2.05, 4.69) is 32.8 Å². The second-order valence-corrected chi connectivity index (χ2v) is 9.05. The van der Waals surface area contributed by atoms with E-state index in [9.17, 15) is 4.39 Å². The normalized spacial score (nSPS) is 15.0. The zero-order valence-corrected chi connectivity index (χ0v) is 19.5. The zero-order chi connectivity index (χ0) is 23.8. The van der Waals surface area contributed by atoms with Crippen LogP contribution in [0.15, 0.2) is 79.4 Å². The Balaban J connectivity index is 1.48. The Hall–Kier alpha value is -3.97. The van der Waals surface area contributed by atoms with Gasteiger partial charge >= 0.3 is 0 Å². The third-order valence-electron chi connectivity index (χ3n) is 6.77. The van der Waals surface area contributed by atoms with Gasteiger partial charge in [0.2, 0.25) is 0 Å². The van der Waals surface area contributed by atoms with Gasteiger partial charge in [-0.15, -0.1) is 0 Å². The molecular formula is C28H25FN6. The average Bonchev–Trinajstić information content (AvgIpc) is 3.39. The van der Waals surface area contributed by atoms with E-state index in [4.69, 9.17) is 10.1 Å². The second-order valence-electron chi connectivity index (χ2n) is 9.05. The second kappa shape index (κ2) is 9.00. The summed E-state index contributed by atoms with van der Waals surface area (Å²) in [6.07, 6.45) is 9.66. The monoisotopic (exact) mass is 464 g/mol. The number of hydrogen-bond donors (Lipinski definition) is 0. The van der Waals surface area contributed by atoms with Crippen molar-refractivity contribution in [1.82, 2.24) is 29.6 Å². The lowest BCUT2D eigenvalue weighted by atomic mass is 9.96. The topological polar surface area (TPSA) is 59.7 Å². The smallest absolute Gasteiger partial charge is 0.160 e. The summed E-state index contributed by atoms with van der Waals surface area (Å²) >= 11 is 0. The minimum absolute atomic E-state index is 0.313. The number of halogens is 1. The number of rotatable bonds is 4. The maximum atomic E-state index is 14.7. The maximum Gasteiger partial charge on any atom is 0.160 e. The summed E-state index contributed by atoms with van der Waals surface area (Å²) in [5.74, 6) is -0.313. The molecule has 0 aliphatic carbocycles. The molecule has 174 valence electrons. The molecule has 0 amide bonds. The predicted molar refractivity (Wildman–Crippen MR) is 135 cm³/mol. The molecule has 0 bridgehead atoms. The number of piperidine rings is 1. The van der Waals surface area contributed by atoms with E-state index in [1.165, 1.54) is 6.07 Å². The van der Waals surface area contributed by atoms with E-state index in [-0.39, 0.29) is 5.82 Å². The molecule has 6 rings (SSSR count). The van der Waals surface area contributed by atoms with Crippen molar-refractivity contribution in [2.24, 2.45) is 0 Å². The fraction of sp³-hybridized carbons (Fsp3) is 0.214. The SMILES string of the molecule is CN1CCC(n2cc(-c3ncccc3-c3cc(-c4ccccc4F)nc4ncccc34)cn2)CC1. The Labute approximate surface area is 203 Å². The molecule has 0 radical (unpaired) electrons. The van der Waals surface area contributed by atoms with Crippen LogP contribution in [0.2, 0.25) is 0 Å². The molecule has 1 aliphatic heterocycles. The van der Waals surface area contributed by atoms with Crippen molar-refractivity contribution in [2.45, 2.75) is 18.9 Å². The van der Waals surface area contributed by atoms with Gasteiger partial charge in [0.1, 0.15) is 5.82 Å². The van der Waals surface area contributed by atoms with Gasteiger partial charge in [-0.3, -0.25) is 9.67 Å². The van der Waals surface area contributed by atoms with Crippen LogP contribution >= 0.6 is 0 Å². The first kappa shape index (κ1) is 21.6. The molecule has 0 saturated carbocycles. The Kier molecular flexibility index (Phi) is 5.54. The fourth-order valence-corrected chi connectivity index (χ4v) is 4.86. The first-order valence-electron chi connectivity index (χ1n) is 11.9. The number of aromatic nitrogens is 5. The molecule has 0 unspecified atom stereocenters. The standard InChI is InChI=1S/C28H25FN6/c1-34-14-10-20(11-15-34)35-18-19(17-32-35)27-21(7-4-12-30-27)24-16-26(23-6-2-3-9-25(23)29)33-28-22(24)8-5-13-31-28/h2-9,12-13,16-18,20H,10-11,14-15H2,1H3. The fourth-order valence-electron chi connectivity index (χ4n) is 4.86. The highest BCUT2D eigenvalue weighted by atomic mass is 19.1. The Morgan fingerprint density at radius 2 is 1.66 bits per heavy atom. The molecular weight excluding hydrogens is 439 g/mol. The molecule has 1 aliphatic rings. The van der Waals surface area contributed by atoms with E-state index >= 15 is 0 Å². The van der Waals surface area contributed by atoms with Gasteiger partial charge in [0.05, 0.1) is 23.6 Å². The molecule has 6 nitrogen and oxygen atoms in total. The van der Waals surface area contributed by atoms with Gasteiger partial charge in [0, 0.05) is 40.7 Å². The predicted octanol–water partition coefficient (Wildman–Crippen LogP) is 5.63. The van der Waals surface area contributed by atoms with Gasteiger partial charge in [0.15, 0.2) is 5.65 Å². The number of nitrogens with zero attached hydrogens (tertiary/aromatic N) is 6. The average molecular weight is 465 g/mol. The summed E-state index contributed by atoms with van der Waals surface area (Å²) in [5, 5.41) is 5.59. The molecule has 1 saturated heterocycles. The van der Waals surface area contributed by atoms with Crippen LogP contribution in [-0.4, -0.2) is 49.8 Å². The van der Waals surface area contributed by atoms with E-state index < -0.39 is 0 Å².